The van der Waals surface area contributed by atoms with Crippen molar-refractivity contribution in [3.63, 3.8) is 0 Å². The van der Waals surface area contributed by atoms with Gasteiger partial charge in [-0.1, -0.05) is 12.1 Å². The highest BCUT2D eigenvalue weighted by molar-refractivity contribution is 5.91. The van der Waals surface area contributed by atoms with Crippen LogP contribution in [0.25, 0.3) is 0 Å². The van der Waals surface area contributed by atoms with E-state index in [-0.39, 0.29) is 11.8 Å². The summed E-state index contributed by atoms with van der Waals surface area (Å²) in [5.41, 5.74) is 1.67. The summed E-state index contributed by atoms with van der Waals surface area (Å²) >= 11 is 0. The van der Waals surface area contributed by atoms with Crippen molar-refractivity contribution in [2.24, 2.45) is 0 Å². The second kappa shape index (κ2) is 8.37. The van der Waals surface area contributed by atoms with Gasteiger partial charge in [-0.25, -0.2) is 0 Å². The maximum absolute atomic E-state index is 12.7. The van der Waals surface area contributed by atoms with Crippen molar-refractivity contribution in [3.05, 3.63) is 29.3 Å². The number of methoxy groups -OCH3 is 1. The molecular weight excluding hydrogens is 316 g/mol. The van der Waals surface area contributed by atoms with Crippen LogP contribution in [0.5, 0.6) is 5.75 Å². The Labute approximate surface area is 150 Å². The Hall–Kier alpha value is -2.04. The third-order valence-electron chi connectivity index (χ3n) is 5.11. The molecule has 0 atom stereocenters. The summed E-state index contributed by atoms with van der Waals surface area (Å²) in [6.07, 6.45) is 2.88. The minimum Gasteiger partial charge on any atom is -0.496 e. The molecule has 1 aliphatic carbocycles. The molecule has 0 spiro atoms. The molecule has 1 fully saturated rings. The first-order chi connectivity index (χ1) is 12.0. The maximum Gasteiger partial charge on any atom is 0.230 e. The number of hydrogen-bond acceptors (Lipinski definition) is 3. The van der Waals surface area contributed by atoms with Gasteiger partial charge >= 0.3 is 0 Å². The van der Waals surface area contributed by atoms with E-state index < -0.39 is 5.41 Å². The van der Waals surface area contributed by atoms with Gasteiger partial charge in [-0.05, 0) is 57.2 Å². The molecule has 1 aromatic carbocycles. The van der Waals surface area contributed by atoms with Crippen LogP contribution in [-0.2, 0) is 15.0 Å². The summed E-state index contributed by atoms with van der Waals surface area (Å²) in [6, 6.07) is 6.00. The first-order valence-electron chi connectivity index (χ1n) is 9.19. The Morgan fingerprint density at radius 1 is 1.24 bits per heavy atom. The fourth-order valence-corrected chi connectivity index (χ4v) is 3.23. The average Bonchev–Trinajstić information content (AvgIpc) is 3.42. The molecule has 1 aromatic rings. The van der Waals surface area contributed by atoms with Crippen molar-refractivity contribution in [2.45, 2.75) is 51.9 Å². The standard InChI is InChI=1S/C20H30N2O3/c1-5-22(6-2)18(23)8-7-13-21-19(24)20(11-12-20)16-10-9-15(3)17(14-16)25-4/h9-10,14H,5-8,11-13H2,1-4H3,(H,21,24). The fraction of sp³-hybridized carbons (Fsp3) is 0.600. The first-order valence-corrected chi connectivity index (χ1v) is 9.19. The van der Waals surface area contributed by atoms with Crippen LogP contribution in [0.1, 0.15) is 50.7 Å². The van der Waals surface area contributed by atoms with Gasteiger partial charge in [0.05, 0.1) is 12.5 Å². The molecule has 0 saturated heterocycles. The molecule has 1 aliphatic rings. The van der Waals surface area contributed by atoms with E-state index in [4.69, 9.17) is 4.74 Å². The summed E-state index contributed by atoms with van der Waals surface area (Å²) in [7, 11) is 1.65. The monoisotopic (exact) mass is 346 g/mol. The van der Waals surface area contributed by atoms with Gasteiger partial charge in [0.15, 0.2) is 0 Å². The third kappa shape index (κ3) is 4.33. The lowest BCUT2D eigenvalue weighted by Crippen LogP contribution is -2.36. The normalized spacial score (nSPS) is 14.7. The van der Waals surface area contributed by atoms with Gasteiger partial charge in [0.1, 0.15) is 5.75 Å². The zero-order valence-electron chi connectivity index (χ0n) is 15.9. The lowest BCUT2D eigenvalue weighted by atomic mass is 9.93. The second-order valence-electron chi connectivity index (χ2n) is 6.69. The maximum atomic E-state index is 12.7. The Kier molecular flexibility index (Phi) is 6.45. The zero-order valence-corrected chi connectivity index (χ0v) is 15.9. The van der Waals surface area contributed by atoms with E-state index in [2.05, 4.69) is 5.32 Å². The van der Waals surface area contributed by atoms with Crippen molar-refractivity contribution in [2.75, 3.05) is 26.7 Å². The molecule has 1 N–H and O–H groups in total. The fourth-order valence-electron chi connectivity index (χ4n) is 3.23. The van der Waals surface area contributed by atoms with E-state index in [1.165, 1.54) is 0 Å². The van der Waals surface area contributed by atoms with Crippen molar-refractivity contribution >= 4 is 11.8 Å². The highest BCUT2D eigenvalue weighted by atomic mass is 16.5. The number of nitrogens with one attached hydrogen (secondary N) is 1. The molecule has 0 aliphatic heterocycles. The van der Waals surface area contributed by atoms with Crippen LogP contribution in [0.2, 0.25) is 0 Å². The molecule has 138 valence electrons. The molecule has 0 aromatic heterocycles. The quantitative estimate of drug-likeness (QED) is 0.700. The summed E-state index contributed by atoms with van der Waals surface area (Å²) < 4.78 is 5.38. The van der Waals surface area contributed by atoms with Gasteiger partial charge in [0.2, 0.25) is 11.8 Å². The molecule has 1 saturated carbocycles. The summed E-state index contributed by atoms with van der Waals surface area (Å²) in [5.74, 6) is 1.04. The number of ether oxygens (including phenoxy) is 1. The Morgan fingerprint density at radius 3 is 2.48 bits per heavy atom. The lowest BCUT2D eigenvalue weighted by molar-refractivity contribution is -0.131. The predicted octanol–water partition coefficient (Wildman–Crippen LogP) is 2.80. The van der Waals surface area contributed by atoms with E-state index in [1.54, 1.807) is 7.11 Å². The third-order valence-corrected chi connectivity index (χ3v) is 5.11. The van der Waals surface area contributed by atoms with Crippen LogP contribution in [-0.4, -0.2) is 43.5 Å². The molecule has 0 bridgehead atoms. The van der Waals surface area contributed by atoms with Crippen LogP contribution in [0.3, 0.4) is 0 Å². The Morgan fingerprint density at radius 2 is 1.92 bits per heavy atom. The molecule has 0 radical (unpaired) electrons. The highest BCUT2D eigenvalue weighted by Gasteiger charge is 2.51. The molecule has 5 nitrogen and oxygen atoms in total. The number of carbonyl (C=O) groups is 2. The largest absolute Gasteiger partial charge is 0.496 e. The second-order valence-corrected chi connectivity index (χ2v) is 6.69. The topological polar surface area (TPSA) is 58.6 Å². The van der Waals surface area contributed by atoms with Crippen molar-refractivity contribution in [1.82, 2.24) is 10.2 Å². The number of hydrogen-bond donors (Lipinski definition) is 1. The SMILES string of the molecule is CCN(CC)C(=O)CCCNC(=O)C1(c2ccc(C)c(OC)c2)CC1. The van der Waals surface area contributed by atoms with Crippen LogP contribution >= 0.6 is 0 Å². The Balaban J connectivity index is 1.87. The van der Waals surface area contributed by atoms with Gasteiger partial charge < -0.3 is 15.0 Å². The molecule has 0 unspecified atom stereocenters. The van der Waals surface area contributed by atoms with Crippen LogP contribution in [0.15, 0.2) is 18.2 Å². The molecule has 0 heterocycles. The molecule has 25 heavy (non-hydrogen) atoms. The van der Waals surface area contributed by atoms with E-state index in [9.17, 15) is 9.59 Å². The van der Waals surface area contributed by atoms with Gasteiger partial charge in [-0.3, -0.25) is 9.59 Å². The lowest BCUT2D eigenvalue weighted by Gasteiger charge is -2.19. The first kappa shape index (κ1) is 19.3. The smallest absolute Gasteiger partial charge is 0.230 e. The van der Waals surface area contributed by atoms with Crippen molar-refractivity contribution < 1.29 is 14.3 Å². The summed E-state index contributed by atoms with van der Waals surface area (Å²) in [5, 5.41) is 3.02. The minimum absolute atomic E-state index is 0.0636. The van der Waals surface area contributed by atoms with Gasteiger partial charge in [-0.2, -0.15) is 0 Å². The molecule has 2 amide bonds. The predicted molar refractivity (Wildman–Crippen MR) is 98.8 cm³/mol. The van der Waals surface area contributed by atoms with Gasteiger partial charge in [0, 0.05) is 26.1 Å². The number of carbonyl (C=O) groups excluding carboxylic acids is 2. The molecular formula is C20H30N2O3. The van der Waals surface area contributed by atoms with Gasteiger partial charge in [-0.15, -0.1) is 0 Å². The summed E-state index contributed by atoms with van der Waals surface area (Å²) in [6.45, 7) is 7.97. The molecule has 5 heteroatoms. The number of nitrogens with zero attached hydrogens (tertiary/aromatic N) is 1. The minimum atomic E-state index is -0.413. The van der Waals surface area contributed by atoms with E-state index in [1.807, 2.05) is 43.9 Å². The van der Waals surface area contributed by atoms with E-state index in [0.29, 0.717) is 19.4 Å². The van der Waals surface area contributed by atoms with Crippen LogP contribution in [0, 0.1) is 6.92 Å². The molecule has 2 rings (SSSR count). The number of aryl methyl sites for hydroxylation is 1. The van der Waals surface area contributed by atoms with E-state index in [0.717, 1.165) is 42.8 Å². The number of amides is 2. The average molecular weight is 346 g/mol. The van der Waals surface area contributed by atoms with Crippen molar-refractivity contribution in [3.8, 4) is 5.75 Å². The van der Waals surface area contributed by atoms with Crippen molar-refractivity contribution in [1.29, 1.82) is 0 Å². The number of benzene rings is 1. The van der Waals surface area contributed by atoms with Crippen LogP contribution in [0.4, 0.5) is 0 Å². The van der Waals surface area contributed by atoms with Gasteiger partial charge in [0.25, 0.3) is 0 Å². The van der Waals surface area contributed by atoms with E-state index >= 15 is 0 Å². The Bertz CT molecular complexity index is 619. The summed E-state index contributed by atoms with van der Waals surface area (Å²) in [4.78, 5) is 26.5. The van der Waals surface area contributed by atoms with Crippen LogP contribution < -0.4 is 10.1 Å². The highest BCUT2D eigenvalue weighted by Crippen LogP contribution is 2.49. The number of rotatable bonds is 9. The zero-order chi connectivity index (χ0) is 18.4.